The minimum Gasteiger partial charge on any atom is -0.350 e. The third kappa shape index (κ3) is 2.27. The largest absolute Gasteiger partial charge is 0.350 e. The first-order valence-corrected chi connectivity index (χ1v) is 7.08. The van der Waals surface area contributed by atoms with Crippen molar-refractivity contribution in [3.8, 4) is 0 Å². The Bertz CT molecular complexity index is 553. The summed E-state index contributed by atoms with van der Waals surface area (Å²) in [6.07, 6.45) is 7.31. The highest BCUT2D eigenvalue weighted by atomic mass is 35.5. The fourth-order valence-electron chi connectivity index (χ4n) is 2.97. The number of piperidine rings is 1. The number of fused-ring (bicyclic) bond motifs is 1. The second-order valence-electron chi connectivity index (χ2n) is 5.28. The number of halogens is 1. The monoisotopic (exact) mass is 262 g/mol. The van der Waals surface area contributed by atoms with Crippen LogP contribution in [0.5, 0.6) is 0 Å². The van der Waals surface area contributed by atoms with Gasteiger partial charge in [-0.05, 0) is 49.6 Å². The molecule has 1 aromatic heterocycles. The molecule has 96 valence electrons. The van der Waals surface area contributed by atoms with Crippen molar-refractivity contribution in [3.05, 3.63) is 35.0 Å². The van der Waals surface area contributed by atoms with Gasteiger partial charge in [0.2, 0.25) is 0 Å². The van der Waals surface area contributed by atoms with Gasteiger partial charge in [-0.1, -0.05) is 18.0 Å². The molecule has 2 aromatic rings. The van der Waals surface area contributed by atoms with E-state index in [1.165, 1.54) is 35.7 Å². The predicted molar refractivity (Wildman–Crippen MR) is 77.3 cm³/mol. The lowest BCUT2D eigenvalue weighted by Crippen LogP contribution is -2.35. The van der Waals surface area contributed by atoms with Gasteiger partial charge in [-0.3, -0.25) is 0 Å². The molecule has 3 rings (SSSR count). The third-order valence-electron chi connectivity index (χ3n) is 3.91. The van der Waals surface area contributed by atoms with E-state index in [9.17, 15) is 0 Å². The topological polar surface area (TPSA) is 17.0 Å². The fraction of sp³-hybridized carbons (Fsp3) is 0.467. The van der Waals surface area contributed by atoms with Crippen molar-refractivity contribution in [3.63, 3.8) is 0 Å². The van der Waals surface area contributed by atoms with Gasteiger partial charge in [0.15, 0.2) is 0 Å². The lowest BCUT2D eigenvalue weighted by Gasteiger charge is -2.23. The lowest BCUT2D eigenvalue weighted by molar-refractivity contribution is 0.400. The second-order valence-corrected chi connectivity index (χ2v) is 5.71. The Labute approximate surface area is 113 Å². The summed E-state index contributed by atoms with van der Waals surface area (Å²) in [6, 6.07) is 6.79. The molecular formula is C15H19ClN2. The molecule has 0 spiro atoms. The molecule has 1 aromatic carbocycles. The van der Waals surface area contributed by atoms with E-state index < -0.39 is 0 Å². The van der Waals surface area contributed by atoms with E-state index in [2.05, 4.69) is 35.3 Å². The lowest BCUT2D eigenvalue weighted by atomic mass is 9.97. The standard InChI is InChI=1S/C15H19ClN2/c1-18-10-11(8-13-4-2-3-7-17-13)14-9-12(16)5-6-15(14)18/h5-6,9-10,13,17H,2-4,7-8H2,1H3. The first-order valence-electron chi connectivity index (χ1n) is 6.71. The van der Waals surface area contributed by atoms with Crippen LogP contribution < -0.4 is 5.32 Å². The molecule has 0 radical (unpaired) electrons. The van der Waals surface area contributed by atoms with Crippen LogP contribution in [0.3, 0.4) is 0 Å². The summed E-state index contributed by atoms with van der Waals surface area (Å²) in [5.41, 5.74) is 2.68. The van der Waals surface area contributed by atoms with Gasteiger partial charge < -0.3 is 9.88 Å². The molecule has 0 amide bonds. The minimum atomic E-state index is 0.628. The van der Waals surface area contributed by atoms with Gasteiger partial charge in [-0.15, -0.1) is 0 Å². The van der Waals surface area contributed by atoms with Gasteiger partial charge in [-0.2, -0.15) is 0 Å². The summed E-state index contributed by atoms with van der Waals surface area (Å²) in [4.78, 5) is 0. The van der Waals surface area contributed by atoms with Gasteiger partial charge in [0.25, 0.3) is 0 Å². The van der Waals surface area contributed by atoms with Crippen LogP contribution in [-0.2, 0) is 13.5 Å². The molecule has 1 fully saturated rings. The van der Waals surface area contributed by atoms with Crippen LogP contribution in [0, 0.1) is 0 Å². The summed E-state index contributed by atoms with van der Waals surface area (Å²) in [5.74, 6) is 0. The molecule has 1 atom stereocenters. The van der Waals surface area contributed by atoms with E-state index in [-0.39, 0.29) is 0 Å². The van der Waals surface area contributed by atoms with Crippen LogP contribution in [0.1, 0.15) is 24.8 Å². The van der Waals surface area contributed by atoms with E-state index >= 15 is 0 Å². The molecule has 1 unspecified atom stereocenters. The summed E-state index contributed by atoms with van der Waals surface area (Å²) in [5, 5.41) is 5.74. The molecule has 1 aliphatic heterocycles. The van der Waals surface area contributed by atoms with Crippen molar-refractivity contribution >= 4 is 22.5 Å². The Hall–Kier alpha value is -0.990. The number of aromatic nitrogens is 1. The average Bonchev–Trinajstić information content (AvgIpc) is 2.67. The number of hydrogen-bond donors (Lipinski definition) is 1. The van der Waals surface area contributed by atoms with Gasteiger partial charge in [0.05, 0.1) is 0 Å². The highest BCUT2D eigenvalue weighted by Gasteiger charge is 2.16. The first-order chi connectivity index (χ1) is 8.74. The van der Waals surface area contributed by atoms with Gasteiger partial charge >= 0.3 is 0 Å². The second kappa shape index (κ2) is 4.94. The number of hydrogen-bond acceptors (Lipinski definition) is 1. The summed E-state index contributed by atoms with van der Waals surface area (Å²) >= 11 is 6.12. The maximum atomic E-state index is 6.12. The average molecular weight is 263 g/mol. The van der Waals surface area contributed by atoms with Gasteiger partial charge in [0, 0.05) is 35.2 Å². The molecule has 1 saturated heterocycles. The van der Waals surface area contributed by atoms with E-state index in [0.717, 1.165) is 18.0 Å². The molecule has 0 saturated carbocycles. The Kier molecular flexibility index (Phi) is 3.31. The predicted octanol–water partition coefficient (Wildman–Crippen LogP) is 3.52. The third-order valence-corrected chi connectivity index (χ3v) is 4.15. The maximum Gasteiger partial charge on any atom is 0.0481 e. The zero-order valence-electron chi connectivity index (χ0n) is 10.7. The van der Waals surface area contributed by atoms with E-state index in [0.29, 0.717) is 6.04 Å². The number of rotatable bonds is 2. The molecule has 3 heteroatoms. The van der Waals surface area contributed by atoms with Crippen LogP contribution in [0.2, 0.25) is 5.02 Å². The van der Waals surface area contributed by atoms with Crippen LogP contribution >= 0.6 is 11.6 Å². The Balaban J connectivity index is 1.93. The molecule has 0 aliphatic carbocycles. The molecule has 2 nitrogen and oxygen atoms in total. The number of nitrogens with one attached hydrogen (secondary N) is 1. The summed E-state index contributed by atoms with van der Waals surface area (Å²) in [7, 11) is 2.11. The zero-order valence-corrected chi connectivity index (χ0v) is 11.5. The fourth-order valence-corrected chi connectivity index (χ4v) is 3.14. The Morgan fingerprint density at radius 2 is 2.28 bits per heavy atom. The van der Waals surface area contributed by atoms with E-state index in [1.807, 2.05) is 6.07 Å². The zero-order chi connectivity index (χ0) is 12.5. The first kappa shape index (κ1) is 12.1. The molecule has 18 heavy (non-hydrogen) atoms. The van der Waals surface area contributed by atoms with E-state index in [4.69, 9.17) is 11.6 Å². The van der Waals surface area contributed by atoms with Crippen LogP contribution in [0.4, 0.5) is 0 Å². The van der Waals surface area contributed by atoms with Crippen molar-refractivity contribution in [1.82, 2.24) is 9.88 Å². The molecule has 1 aliphatic rings. The highest BCUT2D eigenvalue weighted by Crippen LogP contribution is 2.26. The molecule has 0 bridgehead atoms. The molecule has 1 N–H and O–H groups in total. The van der Waals surface area contributed by atoms with Gasteiger partial charge in [0.1, 0.15) is 0 Å². The molecule has 2 heterocycles. The maximum absolute atomic E-state index is 6.12. The van der Waals surface area contributed by atoms with Crippen LogP contribution in [0.25, 0.3) is 10.9 Å². The number of aryl methyl sites for hydroxylation is 1. The Morgan fingerprint density at radius 1 is 1.39 bits per heavy atom. The molecular weight excluding hydrogens is 244 g/mol. The number of benzene rings is 1. The van der Waals surface area contributed by atoms with Gasteiger partial charge in [-0.25, -0.2) is 0 Å². The van der Waals surface area contributed by atoms with Crippen molar-refractivity contribution in [2.75, 3.05) is 6.54 Å². The van der Waals surface area contributed by atoms with Crippen molar-refractivity contribution < 1.29 is 0 Å². The van der Waals surface area contributed by atoms with E-state index in [1.54, 1.807) is 0 Å². The quantitative estimate of drug-likeness (QED) is 0.876. The summed E-state index contributed by atoms with van der Waals surface area (Å²) in [6.45, 7) is 1.16. The van der Waals surface area contributed by atoms with Crippen molar-refractivity contribution in [2.45, 2.75) is 31.7 Å². The SMILES string of the molecule is Cn1cc(CC2CCCCN2)c2cc(Cl)ccc21. The normalized spacial score (nSPS) is 20.4. The Morgan fingerprint density at radius 3 is 3.06 bits per heavy atom. The summed E-state index contributed by atoms with van der Waals surface area (Å²) < 4.78 is 2.20. The number of nitrogens with zero attached hydrogens (tertiary/aromatic N) is 1. The smallest absolute Gasteiger partial charge is 0.0481 e. The minimum absolute atomic E-state index is 0.628. The highest BCUT2D eigenvalue weighted by molar-refractivity contribution is 6.31. The van der Waals surface area contributed by atoms with Crippen LogP contribution in [0.15, 0.2) is 24.4 Å². The van der Waals surface area contributed by atoms with Crippen molar-refractivity contribution in [1.29, 1.82) is 0 Å². The van der Waals surface area contributed by atoms with Crippen molar-refractivity contribution in [2.24, 2.45) is 7.05 Å². The van der Waals surface area contributed by atoms with Crippen LogP contribution in [-0.4, -0.2) is 17.2 Å².